The maximum atomic E-state index is 12.3. The summed E-state index contributed by atoms with van der Waals surface area (Å²) in [5, 5.41) is 39.7. The molecule has 2 atom stereocenters. The molecule has 0 spiro atoms. The van der Waals surface area contributed by atoms with Gasteiger partial charge in [-0.05, 0) is 31.0 Å². The van der Waals surface area contributed by atoms with Crippen molar-refractivity contribution >= 4 is 56.6 Å². The van der Waals surface area contributed by atoms with Crippen LogP contribution in [0.15, 0.2) is 29.3 Å². The minimum Gasteiger partial charge on any atom is -0.480 e. The van der Waals surface area contributed by atoms with Crippen LogP contribution in [-0.4, -0.2) is 164 Å². The van der Waals surface area contributed by atoms with Gasteiger partial charge in [0.1, 0.15) is 6.54 Å². The molecule has 10 N–H and O–H groups in total. The van der Waals surface area contributed by atoms with Gasteiger partial charge in [-0.15, -0.1) is 0 Å². The quantitative estimate of drug-likeness (QED) is 0.114. The standard InChI is InChI=1S/C24H36N6O15P2/c1-15-12-29(23(36)37)13-18(30(24(38)39)9-8-27(22(34)35)6-7-28(15)14-20(32)33)10-16-2-4-17(5-3-16)26-19(31)11-25-21(46(40,41)42)47(43,44)45/h2-5,15,18,40-42H,6-14H2,1H3,(H6-,26,31,32,33,34,35,36,37,38,39,43,44,45)/p+1. The molecule has 0 aromatic heterocycles. The highest BCUT2D eigenvalue weighted by Crippen LogP contribution is 2.60. The second kappa shape index (κ2) is 16.8. The number of carboxylic acids is 1. The van der Waals surface area contributed by atoms with Gasteiger partial charge in [0.2, 0.25) is 5.91 Å². The Balaban J connectivity index is 2.33. The summed E-state index contributed by atoms with van der Waals surface area (Å²) in [6, 6.07) is 3.94. The Kier molecular flexibility index (Phi) is 14.0. The lowest BCUT2D eigenvalue weighted by Gasteiger charge is -2.38. The molecule has 0 saturated carbocycles. The number of rotatable bonds is 9. The molecule has 0 radical (unpaired) electrons. The molecule has 1 saturated heterocycles. The Morgan fingerprint density at radius 3 is 1.94 bits per heavy atom. The molecule has 1 heterocycles. The van der Waals surface area contributed by atoms with Crippen molar-refractivity contribution in [3.63, 3.8) is 0 Å². The van der Waals surface area contributed by atoms with Crippen LogP contribution in [-0.2, 0) is 20.6 Å². The highest BCUT2D eigenvalue weighted by molar-refractivity contribution is 8.00. The van der Waals surface area contributed by atoms with Crippen LogP contribution < -0.4 is 5.32 Å². The lowest BCUT2D eigenvalue weighted by molar-refractivity contribution is -0.139. The largest absolute Gasteiger partial charge is 0.480 e. The zero-order chi connectivity index (χ0) is 35.7. The zero-order valence-electron chi connectivity index (χ0n) is 24.9. The van der Waals surface area contributed by atoms with Gasteiger partial charge in [-0.3, -0.25) is 14.5 Å². The highest BCUT2D eigenvalue weighted by Gasteiger charge is 2.51. The van der Waals surface area contributed by atoms with E-state index in [-0.39, 0.29) is 51.4 Å². The van der Waals surface area contributed by atoms with Gasteiger partial charge >= 0.3 is 45.0 Å². The minimum atomic E-state index is -5.39. The van der Waals surface area contributed by atoms with Crippen molar-refractivity contribution in [2.24, 2.45) is 4.99 Å². The highest BCUT2D eigenvalue weighted by atomic mass is 31.3. The van der Waals surface area contributed by atoms with Crippen LogP contribution in [0.25, 0.3) is 0 Å². The topological polar surface area (TPSA) is 322 Å². The van der Waals surface area contributed by atoms with Crippen LogP contribution in [0.4, 0.5) is 20.1 Å². The SMILES string of the molecule is CC1CN(C(=O)O)CC(Cc2ccc(NC(=O)CN=C(P(=O)(O)O)[P+](O)(O)O)cc2)N(C(=O)O)CCN(C(=O)O)CCN1CC(=O)O. The number of aliphatic imine (C=N–C) groups is 1. The fourth-order valence-corrected chi connectivity index (χ4v) is 6.65. The van der Waals surface area contributed by atoms with Crippen molar-refractivity contribution in [3.05, 3.63) is 29.8 Å². The van der Waals surface area contributed by atoms with E-state index in [1.54, 1.807) is 6.92 Å². The smallest absolute Gasteiger partial charge is 0.469 e. The third-order valence-electron chi connectivity index (χ3n) is 6.97. The van der Waals surface area contributed by atoms with E-state index < -0.39 is 76.1 Å². The van der Waals surface area contributed by atoms with Gasteiger partial charge in [-0.2, -0.15) is 14.7 Å². The molecule has 1 aromatic carbocycles. The summed E-state index contributed by atoms with van der Waals surface area (Å²) in [4.78, 5) is 113. The van der Waals surface area contributed by atoms with Crippen LogP contribution in [0.5, 0.6) is 0 Å². The summed E-state index contributed by atoms with van der Waals surface area (Å²) in [6.07, 6.45) is -4.26. The number of hydrogen-bond acceptors (Lipinski definition) is 11. The molecule has 23 heteroatoms. The number of carboxylic acid groups (broad SMARTS) is 4. The first-order valence-electron chi connectivity index (χ1n) is 13.7. The molecule has 0 bridgehead atoms. The third kappa shape index (κ3) is 12.6. The maximum absolute atomic E-state index is 12.3. The summed E-state index contributed by atoms with van der Waals surface area (Å²) in [6.45, 7) is -1.33. The van der Waals surface area contributed by atoms with Gasteiger partial charge in [0.15, 0.2) is 0 Å². The second-order valence-electron chi connectivity index (χ2n) is 10.5. The van der Waals surface area contributed by atoms with E-state index in [9.17, 15) is 63.6 Å². The molecule has 1 aromatic rings. The lowest BCUT2D eigenvalue weighted by atomic mass is 10.0. The van der Waals surface area contributed by atoms with E-state index in [1.807, 2.05) is 0 Å². The van der Waals surface area contributed by atoms with E-state index in [0.717, 1.165) is 14.7 Å². The van der Waals surface area contributed by atoms with E-state index in [0.29, 0.717) is 5.56 Å². The molecule has 47 heavy (non-hydrogen) atoms. The number of aliphatic carboxylic acids is 1. The number of nitrogens with zero attached hydrogens (tertiary/aromatic N) is 5. The first-order chi connectivity index (χ1) is 21.7. The first-order valence-corrected chi connectivity index (χ1v) is 16.9. The molecule has 1 aliphatic heterocycles. The zero-order valence-corrected chi connectivity index (χ0v) is 26.7. The number of hydrogen-bond donors (Lipinski definition) is 10. The molecule has 262 valence electrons. The number of anilines is 1. The summed E-state index contributed by atoms with van der Waals surface area (Å²) in [5.41, 5.74) is 0.597. The number of carbonyl (C=O) groups excluding carboxylic acids is 1. The van der Waals surface area contributed by atoms with Crippen molar-refractivity contribution in [2.75, 3.05) is 57.7 Å². The van der Waals surface area contributed by atoms with Crippen LogP contribution in [0.3, 0.4) is 0 Å². The van der Waals surface area contributed by atoms with E-state index in [4.69, 9.17) is 9.79 Å². The van der Waals surface area contributed by atoms with Gasteiger partial charge in [-0.25, -0.2) is 23.9 Å². The fraction of sp³-hybridized carbons (Fsp3) is 0.500. The molecule has 0 aliphatic carbocycles. The van der Waals surface area contributed by atoms with Crippen molar-refractivity contribution in [1.29, 1.82) is 0 Å². The first kappa shape index (κ1) is 39.2. The molecular weight excluding hydrogens is 674 g/mol. The molecule has 1 aliphatic rings. The van der Waals surface area contributed by atoms with Gasteiger partial charge < -0.3 is 50.2 Å². The van der Waals surface area contributed by atoms with Gasteiger partial charge in [0, 0.05) is 51.0 Å². The molecule has 21 nitrogen and oxygen atoms in total. The van der Waals surface area contributed by atoms with Crippen molar-refractivity contribution in [3.8, 4) is 0 Å². The Morgan fingerprint density at radius 2 is 1.45 bits per heavy atom. The predicted octanol–water partition coefficient (Wildman–Crippen LogP) is -0.462. The Morgan fingerprint density at radius 1 is 0.872 bits per heavy atom. The van der Waals surface area contributed by atoms with Crippen LogP contribution in [0.1, 0.15) is 12.5 Å². The molecule has 1 fully saturated rings. The lowest BCUT2D eigenvalue weighted by Crippen LogP contribution is -2.56. The Bertz CT molecular complexity index is 1380. The van der Waals surface area contributed by atoms with Crippen molar-refractivity contribution in [1.82, 2.24) is 19.6 Å². The number of amides is 4. The molecule has 4 amide bonds. The molecule has 2 unspecified atom stereocenters. The maximum Gasteiger partial charge on any atom is 0.469 e. The number of carbonyl (C=O) groups is 5. The molecule has 2 rings (SSSR count). The Hall–Kier alpha value is -3.94. The monoisotopic (exact) mass is 711 g/mol. The average Bonchev–Trinajstić information content (AvgIpc) is 2.91. The van der Waals surface area contributed by atoms with Crippen LogP contribution in [0.2, 0.25) is 0 Å². The summed E-state index contributed by atoms with van der Waals surface area (Å²) < 4.78 is 11.3. The van der Waals surface area contributed by atoms with E-state index >= 15 is 0 Å². The van der Waals surface area contributed by atoms with Gasteiger partial charge in [-0.1, -0.05) is 12.1 Å². The third-order valence-corrected chi connectivity index (χ3v) is 9.90. The van der Waals surface area contributed by atoms with E-state index in [2.05, 4.69) is 10.3 Å². The van der Waals surface area contributed by atoms with Crippen molar-refractivity contribution < 1.29 is 73.4 Å². The molecular formula is C24H37N6O15P2+. The van der Waals surface area contributed by atoms with E-state index in [1.165, 1.54) is 29.2 Å². The van der Waals surface area contributed by atoms with Crippen molar-refractivity contribution in [2.45, 2.75) is 25.4 Å². The van der Waals surface area contributed by atoms with Crippen LogP contribution in [0, 0.1) is 0 Å². The van der Waals surface area contributed by atoms with Crippen LogP contribution >= 0.6 is 15.5 Å². The fourth-order valence-electron chi connectivity index (χ4n) is 4.74. The Labute approximate surface area is 267 Å². The second-order valence-corrected chi connectivity index (χ2v) is 13.9. The summed E-state index contributed by atoms with van der Waals surface area (Å²) in [7, 11) is -10.6. The number of nitrogens with one attached hydrogen (secondary N) is 1. The normalized spacial score (nSPS) is 19.4. The minimum absolute atomic E-state index is 0.0454. The average molecular weight is 712 g/mol. The van der Waals surface area contributed by atoms with Gasteiger partial charge in [0.25, 0.3) is 0 Å². The van der Waals surface area contributed by atoms with Gasteiger partial charge in [0.05, 0.1) is 12.6 Å². The number of benzene rings is 1. The summed E-state index contributed by atoms with van der Waals surface area (Å²) in [5.74, 6) is -2.16. The predicted molar refractivity (Wildman–Crippen MR) is 163 cm³/mol. The summed E-state index contributed by atoms with van der Waals surface area (Å²) >= 11 is 0.